The van der Waals surface area contributed by atoms with Crippen molar-refractivity contribution in [2.24, 2.45) is 0 Å². The van der Waals surface area contributed by atoms with E-state index in [-0.39, 0.29) is 6.04 Å². The van der Waals surface area contributed by atoms with Crippen LogP contribution in [0.1, 0.15) is 32.8 Å². The summed E-state index contributed by atoms with van der Waals surface area (Å²) in [6, 6.07) is 7.06. The van der Waals surface area contributed by atoms with Gasteiger partial charge in [0.15, 0.2) is 0 Å². The Morgan fingerprint density at radius 2 is 1.89 bits per heavy atom. The molecule has 0 aromatic heterocycles. The van der Waals surface area contributed by atoms with Crippen LogP contribution in [0.4, 0.5) is 0 Å². The monoisotopic (exact) mass is 333 g/mol. The summed E-state index contributed by atoms with van der Waals surface area (Å²) in [6.45, 7) is 5.71. The fourth-order valence-electron chi connectivity index (χ4n) is 1.69. The molecule has 102 valence electrons. The van der Waals surface area contributed by atoms with Gasteiger partial charge in [0, 0.05) is 10.9 Å². The lowest BCUT2D eigenvalue weighted by Crippen LogP contribution is -2.31. The third kappa shape index (κ3) is 4.37. The molecule has 1 rings (SSSR count). The minimum absolute atomic E-state index is 0.103. The normalized spacial score (nSPS) is 13.8. The average molecular weight is 334 g/mol. The van der Waals surface area contributed by atoms with E-state index in [1.165, 1.54) is 0 Å². The zero-order valence-electron chi connectivity index (χ0n) is 11.0. The lowest BCUT2D eigenvalue weighted by molar-refractivity contribution is 0.568. The van der Waals surface area contributed by atoms with Crippen molar-refractivity contribution < 1.29 is 8.42 Å². The quantitative estimate of drug-likeness (QED) is 0.813. The standard InChI is InChI=1S/C13H20BrNO2S/c1-4-12(14)9-11-7-5-6-8-13(11)18(16,17)15-10(2)3/h5-8,10,12,15H,4,9H2,1-3H3. The first-order chi connectivity index (χ1) is 8.36. The number of nitrogens with one attached hydrogen (secondary N) is 1. The average Bonchev–Trinajstić information content (AvgIpc) is 2.27. The van der Waals surface area contributed by atoms with E-state index in [2.05, 4.69) is 27.6 Å². The Hall–Kier alpha value is -0.390. The molecule has 0 fully saturated rings. The fourth-order valence-corrected chi connectivity index (χ4v) is 3.54. The van der Waals surface area contributed by atoms with Crippen LogP contribution in [0, 0.1) is 0 Å². The van der Waals surface area contributed by atoms with Crippen LogP contribution < -0.4 is 4.72 Å². The van der Waals surface area contributed by atoms with Crippen molar-refractivity contribution in [3.63, 3.8) is 0 Å². The predicted octanol–water partition coefficient (Wildman–Crippen LogP) is 3.09. The molecule has 0 radical (unpaired) electrons. The number of halogens is 1. The molecule has 1 atom stereocenters. The van der Waals surface area contributed by atoms with E-state index >= 15 is 0 Å². The zero-order chi connectivity index (χ0) is 13.8. The number of hydrogen-bond donors (Lipinski definition) is 1. The van der Waals surface area contributed by atoms with E-state index in [9.17, 15) is 8.42 Å². The lowest BCUT2D eigenvalue weighted by atomic mass is 10.1. The van der Waals surface area contributed by atoms with Crippen LogP contribution in [0.2, 0.25) is 0 Å². The SMILES string of the molecule is CCC(Br)Cc1ccccc1S(=O)(=O)NC(C)C. The molecular weight excluding hydrogens is 314 g/mol. The van der Waals surface area contributed by atoms with Gasteiger partial charge in [-0.05, 0) is 38.3 Å². The molecule has 0 aliphatic rings. The maximum Gasteiger partial charge on any atom is 0.241 e. The third-order valence-electron chi connectivity index (χ3n) is 2.54. The molecule has 1 aromatic carbocycles. The molecule has 1 N–H and O–H groups in total. The van der Waals surface area contributed by atoms with E-state index in [0.29, 0.717) is 16.1 Å². The Kier molecular flexibility index (Phi) is 5.82. The van der Waals surface area contributed by atoms with Gasteiger partial charge in [-0.25, -0.2) is 13.1 Å². The highest BCUT2D eigenvalue weighted by Crippen LogP contribution is 2.20. The molecule has 0 saturated carbocycles. The summed E-state index contributed by atoms with van der Waals surface area (Å²) in [5, 5.41) is 0. The van der Waals surface area contributed by atoms with Crippen LogP contribution in [0.5, 0.6) is 0 Å². The summed E-state index contributed by atoms with van der Waals surface area (Å²) >= 11 is 3.55. The largest absolute Gasteiger partial charge is 0.241 e. The van der Waals surface area contributed by atoms with Gasteiger partial charge in [-0.15, -0.1) is 0 Å². The zero-order valence-corrected chi connectivity index (χ0v) is 13.4. The molecule has 0 aliphatic heterocycles. The van der Waals surface area contributed by atoms with Crippen LogP contribution >= 0.6 is 15.9 Å². The van der Waals surface area contributed by atoms with E-state index in [4.69, 9.17) is 0 Å². The van der Waals surface area contributed by atoms with Crippen LogP contribution in [-0.2, 0) is 16.4 Å². The highest BCUT2D eigenvalue weighted by Gasteiger charge is 2.19. The van der Waals surface area contributed by atoms with Crippen molar-refractivity contribution in [1.82, 2.24) is 4.72 Å². The number of rotatable bonds is 6. The molecule has 1 unspecified atom stereocenters. The first-order valence-corrected chi connectivity index (χ1v) is 8.51. The fraction of sp³-hybridized carbons (Fsp3) is 0.538. The Bertz CT molecular complexity index is 486. The van der Waals surface area contributed by atoms with Gasteiger partial charge in [-0.2, -0.15) is 0 Å². The van der Waals surface area contributed by atoms with Crippen molar-refractivity contribution >= 4 is 26.0 Å². The van der Waals surface area contributed by atoms with Crippen LogP contribution in [0.15, 0.2) is 29.2 Å². The van der Waals surface area contributed by atoms with Crippen molar-refractivity contribution in [1.29, 1.82) is 0 Å². The highest BCUT2D eigenvalue weighted by molar-refractivity contribution is 9.09. The number of sulfonamides is 1. The van der Waals surface area contributed by atoms with Gasteiger partial charge < -0.3 is 0 Å². The summed E-state index contributed by atoms with van der Waals surface area (Å²) in [7, 11) is -3.41. The van der Waals surface area contributed by atoms with Gasteiger partial charge in [0.25, 0.3) is 0 Å². The smallest absolute Gasteiger partial charge is 0.209 e. The molecule has 1 aromatic rings. The summed E-state index contributed by atoms with van der Waals surface area (Å²) in [5.74, 6) is 0. The maximum atomic E-state index is 12.2. The Morgan fingerprint density at radius 3 is 2.44 bits per heavy atom. The second-order valence-electron chi connectivity index (χ2n) is 4.59. The molecule has 0 spiro atoms. The Labute approximate surface area is 118 Å². The van der Waals surface area contributed by atoms with E-state index in [0.717, 1.165) is 12.0 Å². The molecule has 5 heteroatoms. The van der Waals surface area contributed by atoms with Crippen molar-refractivity contribution in [3.05, 3.63) is 29.8 Å². The van der Waals surface area contributed by atoms with E-state index < -0.39 is 10.0 Å². The van der Waals surface area contributed by atoms with Gasteiger partial charge in [0.2, 0.25) is 10.0 Å². The number of hydrogen-bond acceptors (Lipinski definition) is 2. The molecule has 0 saturated heterocycles. The van der Waals surface area contributed by atoms with Crippen molar-refractivity contribution in [2.75, 3.05) is 0 Å². The summed E-state index contributed by atoms with van der Waals surface area (Å²) < 4.78 is 27.0. The first-order valence-electron chi connectivity index (χ1n) is 6.11. The minimum atomic E-state index is -3.41. The number of alkyl halides is 1. The Morgan fingerprint density at radius 1 is 1.28 bits per heavy atom. The maximum absolute atomic E-state index is 12.2. The van der Waals surface area contributed by atoms with Crippen molar-refractivity contribution in [2.45, 2.75) is 49.4 Å². The van der Waals surface area contributed by atoms with Gasteiger partial charge >= 0.3 is 0 Å². The molecular formula is C13H20BrNO2S. The number of benzene rings is 1. The highest BCUT2D eigenvalue weighted by atomic mass is 79.9. The molecule has 0 heterocycles. The van der Waals surface area contributed by atoms with Gasteiger partial charge in [0.05, 0.1) is 4.90 Å². The summed E-state index contributed by atoms with van der Waals surface area (Å²) in [6.07, 6.45) is 1.68. The summed E-state index contributed by atoms with van der Waals surface area (Å²) in [5.41, 5.74) is 0.856. The lowest BCUT2D eigenvalue weighted by Gasteiger charge is -2.15. The molecule has 0 amide bonds. The molecule has 0 bridgehead atoms. The molecule has 3 nitrogen and oxygen atoms in total. The van der Waals surface area contributed by atoms with Gasteiger partial charge in [0.1, 0.15) is 0 Å². The first kappa shape index (κ1) is 15.7. The second kappa shape index (κ2) is 6.68. The van der Waals surface area contributed by atoms with Gasteiger partial charge in [-0.3, -0.25) is 0 Å². The summed E-state index contributed by atoms with van der Waals surface area (Å²) in [4.78, 5) is 0.685. The third-order valence-corrected chi connectivity index (χ3v) is 5.27. The van der Waals surface area contributed by atoms with Gasteiger partial charge in [-0.1, -0.05) is 41.1 Å². The van der Waals surface area contributed by atoms with Crippen LogP contribution in [0.3, 0.4) is 0 Å². The molecule has 0 aliphatic carbocycles. The predicted molar refractivity (Wildman–Crippen MR) is 78.6 cm³/mol. The van der Waals surface area contributed by atoms with Crippen LogP contribution in [-0.4, -0.2) is 19.3 Å². The topological polar surface area (TPSA) is 46.2 Å². The molecule has 18 heavy (non-hydrogen) atoms. The Balaban J connectivity index is 3.09. The van der Waals surface area contributed by atoms with E-state index in [1.807, 2.05) is 26.0 Å². The van der Waals surface area contributed by atoms with E-state index in [1.54, 1.807) is 12.1 Å². The van der Waals surface area contributed by atoms with Crippen molar-refractivity contribution in [3.8, 4) is 0 Å². The minimum Gasteiger partial charge on any atom is -0.209 e. The van der Waals surface area contributed by atoms with Crippen LogP contribution in [0.25, 0.3) is 0 Å². The second-order valence-corrected chi connectivity index (χ2v) is 7.57.